The molecular formula is C13H14F3N5O2. The fraction of sp³-hybridized carbons (Fsp3) is 0.462. The van der Waals surface area contributed by atoms with Crippen LogP contribution in [0.1, 0.15) is 28.4 Å². The van der Waals surface area contributed by atoms with Crippen LogP contribution in [0, 0.1) is 0 Å². The zero-order valence-electron chi connectivity index (χ0n) is 12.0. The van der Waals surface area contributed by atoms with Gasteiger partial charge in [-0.15, -0.1) is 0 Å². The summed E-state index contributed by atoms with van der Waals surface area (Å²) in [5.74, 6) is -0.0573. The molecular weight excluding hydrogens is 315 g/mol. The lowest BCUT2D eigenvalue weighted by Gasteiger charge is -2.12. The molecule has 2 N–H and O–H groups in total. The van der Waals surface area contributed by atoms with Gasteiger partial charge in [-0.05, 0) is 12.5 Å². The molecule has 3 rings (SSSR count). The number of amides is 1. The van der Waals surface area contributed by atoms with Gasteiger partial charge in [0.1, 0.15) is 6.54 Å². The van der Waals surface area contributed by atoms with E-state index in [2.05, 4.69) is 10.3 Å². The molecule has 1 aliphatic rings. The first-order valence-electron chi connectivity index (χ1n) is 6.94. The lowest BCUT2D eigenvalue weighted by molar-refractivity contribution is -0.141. The number of carbonyl (C=O) groups is 1. The maximum atomic E-state index is 12.5. The van der Waals surface area contributed by atoms with Crippen LogP contribution >= 0.6 is 0 Å². The van der Waals surface area contributed by atoms with Gasteiger partial charge in [0.05, 0.1) is 0 Å². The van der Waals surface area contributed by atoms with Crippen LogP contribution in [0.15, 0.2) is 22.9 Å². The summed E-state index contributed by atoms with van der Waals surface area (Å²) in [6.07, 6.45) is -2.58. The van der Waals surface area contributed by atoms with Gasteiger partial charge in [-0.3, -0.25) is 9.48 Å². The number of nitrogens with two attached hydrogens (primary N) is 1. The third-order valence-electron chi connectivity index (χ3n) is 3.54. The Morgan fingerprint density at radius 3 is 2.87 bits per heavy atom. The van der Waals surface area contributed by atoms with Crippen molar-refractivity contribution in [1.29, 1.82) is 0 Å². The van der Waals surface area contributed by atoms with E-state index >= 15 is 0 Å². The van der Waals surface area contributed by atoms with Crippen molar-refractivity contribution in [3.8, 4) is 0 Å². The number of aromatic nitrogens is 3. The van der Waals surface area contributed by atoms with Gasteiger partial charge in [0.15, 0.2) is 17.1 Å². The Balaban J connectivity index is 1.67. The van der Waals surface area contributed by atoms with E-state index in [4.69, 9.17) is 10.3 Å². The van der Waals surface area contributed by atoms with Crippen LogP contribution in [-0.2, 0) is 12.7 Å². The molecule has 0 aliphatic carbocycles. The molecule has 0 spiro atoms. The topological polar surface area (TPSA) is 90.2 Å². The van der Waals surface area contributed by atoms with E-state index in [0.717, 1.165) is 17.2 Å². The van der Waals surface area contributed by atoms with E-state index in [1.54, 1.807) is 4.90 Å². The summed E-state index contributed by atoms with van der Waals surface area (Å²) < 4.78 is 43.5. The van der Waals surface area contributed by atoms with Crippen molar-refractivity contribution in [3.05, 3.63) is 35.5 Å². The number of nitrogens with zero attached hydrogens (tertiary/aromatic N) is 4. The molecule has 1 amide bonds. The van der Waals surface area contributed by atoms with Crippen LogP contribution in [0.25, 0.3) is 0 Å². The standard InChI is InChI=1S/C13H14F3N5O2/c14-13(15,16)11-2-4-21(18-11)7-9-5-10(19-23-9)12(22)20-3-1-8(17)6-20/h2,4-5,8H,1,3,6-7,17H2/t8-/m0/s1. The zero-order chi connectivity index (χ0) is 16.6. The molecule has 3 heterocycles. The molecule has 2 aromatic rings. The molecule has 0 saturated carbocycles. The van der Waals surface area contributed by atoms with Gasteiger partial charge in [0, 0.05) is 31.4 Å². The summed E-state index contributed by atoms with van der Waals surface area (Å²) in [6.45, 7) is 0.960. The predicted molar refractivity (Wildman–Crippen MR) is 71.3 cm³/mol. The maximum Gasteiger partial charge on any atom is 0.435 e. The van der Waals surface area contributed by atoms with Crippen molar-refractivity contribution >= 4 is 5.91 Å². The van der Waals surface area contributed by atoms with Gasteiger partial charge in [-0.25, -0.2) is 0 Å². The van der Waals surface area contributed by atoms with E-state index < -0.39 is 11.9 Å². The Morgan fingerprint density at radius 1 is 1.48 bits per heavy atom. The molecule has 23 heavy (non-hydrogen) atoms. The number of likely N-dealkylation sites (tertiary alicyclic amines) is 1. The van der Waals surface area contributed by atoms with Gasteiger partial charge in [0.25, 0.3) is 5.91 Å². The van der Waals surface area contributed by atoms with Crippen LogP contribution < -0.4 is 5.73 Å². The van der Waals surface area contributed by atoms with E-state index in [1.165, 1.54) is 12.3 Å². The number of hydrogen-bond acceptors (Lipinski definition) is 5. The molecule has 1 atom stereocenters. The Hall–Kier alpha value is -2.36. The normalized spacial score (nSPS) is 18.6. The molecule has 124 valence electrons. The van der Waals surface area contributed by atoms with Crippen LogP contribution in [0.3, 0.4) is 0 Å². The zero-order valence-corrected chi connectivity index (χ0v) is 12.0. The smallest absolute Gasteiger partial charge is 0.359 e. The summed E-state index contributed by atoms with van der Waals surface area (Å²) in [5, 5.41) is 7.08. The number of hydrogen-bond donors (Lipinski definition) is 1. The largest absolute Gasteiger partial charge is 0.435 e. The molecule has 1 aliphatic heterocycles. The van der Waals surface area contributed by atoms with Crippen LogP contribution in [-0.4, -0.2) is 44.9 Å². The Kier molecular flexibility index (Phi) is 3.84. The molecule has 1 saturated heterocycles. The predicted octanol–water partition coefficient (Wildman–Crippen LogP) is 1.11. The van der Waals surface area contributed by atoms with E-state index in [0.29, 0.717) is 13.1 Å². The fourth-order valence-electron chi connectivity index (χ4n) is 2.38. The monoisotopic (exact) mass is 329 g/mol. The molecule has 0 radical (unpaired) electrons. The second-order valence-corrected chi connectivity index (χ2v) is 5.37. The Morgan fingerprint density at radius 2 is 2.26 bits per heavy atom. The molecule has 0 aromatic carbocycles. The van der Waals surface area contributed by atoms with Crippen molar-refractivity contribution < 1.29 is 22.5 Å². The lowest BCUT2D eigenvalue weighted by atomic mass is 10.3. The van der Waals surface area contributed by atoms with Crippen molar-refractivity contribution in [2.24, 2.45) is 5.73 Å². The average Bonchev–Trinajstić information content (AvgIpc) is 3.18. The number of carbonyl (C=O) groups excluding carboxylic acids is 1. The molecule has 2 aromatic heterocycles. The number of rotatable bonds is 3. The molecule has 10 heteroatoms. The fourth-order valence-corrected chi connectivity index (χ4v) is 2.38. The Labute approximate surface area is 128 Å². The van der Waals surface area contributed by atoms with E-state index in [9.17, 15) is 18.0 Å². The molecule has 0 bridgehead atoms. The van der Waals surface area contributed by atoms with Gasteiger partial charge in [-0.2, -0.15) is 18.3 Å². The minimum atomic E-state index is -4.50. The molecule has 0 unspecified atom stereocenters. The molecule has 7 nitrogen and oxygen atoms in total. The number of halogens is 3. The summed E-state index contributed by atoms with van der Waals surface area (Å²) in [7, 11) is 0. The third-order valence-corrected chi connectivity index (χ3v) is 3.54. The quantitative estimate of drug-likeness (QED) is 0.911. The van der Waals surface area contributed by atoms with Crippen molar-refractivity contribution in [1.82, 2.24) is 19.8 Å². The lowest BCUT2D eigenvalue weighted by Crippen LogP contribution is -2.32. The highest BCUT2D eigenvalue weighted by atomic mass is 19.4. The van der Waals surface area contributed by atoms with Crippen molar-refractivity contribution in [2.45, 2.75) is 25.2 Å². The second kappa shape index (κ2) is 5.69. The SMILES string of the molecule is N[C@H]1CCN(C(=O)c2cc(Cn3ccc(C(F)(F)F)n3)on2)C1. The minimum absolute atomic E-state index is 0.0458. The highest BCUT2D eigenvalue weighted by Crippen LogP contribution is 2.27. The first-order chi connectivity index (χ1) is 10.8. The highest BCUT2D eigenvalue weighted by Gasteiger charge is 2.33. The minimum Gasteiger partial charge on any atom is -0.359 e. The summed E-state index contributed by atoms with van der Waals surface area (Å²) in [4.78, 5) is 13.7. The van der Waals surface area contributed by atoms with E-state index in [-0.39, 0.29) is 29.9 Å². The number of alkyl halides is 3. The van der Waals surface area contributed by atoms with Gasteiger partial charge >= 0.3 is 6.18 Å². The van der Waals surface area contributed by atoms with E-state index in [1.807, 2.05) is 0 Å². The van der Waals surface area contributed by atoms with Gasteiger partial charge in [0.2, 0.25) is 0 Å². The van der Waals surface area contributed by atoms with Gasteiger partial charge < -0.3 is 15.2 Å². The summed E-state index contributed by atoms with van der Waals surface area (Å²) >= 11 is 0. The third kappa shape index (κ3) is 3.36. The first-order valence-corrected chi connectivity index (χ1v) is 6.94. The van der Waals surface area contributed by atoms with Crippen LogP contribution in [0.4, 0.5) is 13.2 Å². The summed E-state index contributed by atoms with van der Waals surface area (Å²) in [5.41, 5.74) is 4.87. The van der Waals surface area contributed by atoms with Crippen molar-refractivity contribution in [2.75, 3.05) is 13.1 Å². The highest BCUT2D eigenvalue weighted by molar-refractivity contribution is 5.92. The Bertz CT molecular complexity index is 709. The van der Waals surface area contributed by atoms with Crippen molar-refractivity contribution in [3.63, 3.8) is 0 Å². The summed E-state index contributed by atoms with van der Waals surface area (Å²) in [6, 6.07) is 2.23. The average molecular weight is 329 g/mol. The van der Waals surface area contributed by atoms with Crippen LogP contribution in [0.2, 0.25) is 0 Å². The van der Waals surface area contributed by atoms with Crippen LogP contribution in [0.5, 0.6) is 0 Å². The molecule has 1 fully saturated rings. The second-order valence-electron chi connectivity index (χ2n) is 5.37. The first kappa shape index (κ1) is 15.5. The maximum absolute atomic E-state index is 12.5. The van der Waals surface area contributed by atoms with Gasteiger partial charge in [-0.1, -0.05) is 5.16 Å².